The van der Waals surface area contributed by atoms with Gasteiger partial charge in [-0.05, 0) is 86.8 Å². The molecule has 5 nitrogen and oxygen atoms in total. The summed E-state index contributed by atoms with van der Waals surface area (Å²) in [6, 6.07) is 11.8. The largest absolute Gasteiger partial charge is 0.366 e. The van der Waals surface area contributed by atoms with Gasteiger partial charge in [0.05, 0.1) is 5.69 Å². The normalized spacial score (nSPS) is 21.6. The number of hydrogen-bond acceptors (Lipinski definition) is 4. The molecule has 2 aromatic rings. The Morgan fingerprint density at radius 2 is 1.91 bits per heavy atom. The van der Waals surface area contributed by atoms with Crippen LogP contribution in [-0.4, -0.2) is 29.0 Å². The van der Waals surface area contributed by atoms with Crippen molar-refractivity contribution in [1.82, 2.24) is 5.32 Å². The Morgan fingerprint density at radius 1 is 1.19 bits per heavy atom. The van der Waals surface area contributed by atoms with E-state index in [0.717, 1.165) is 23.4 Å². The van der Waals surface area contributed by atoms with E-state index in [1.807, 2.05) is 18.2 Å². The molecule has 2 heterocycles. The van der Waals surface area contributed by atoms with Crippen molar-refractivity contribution in [2.75, 3.05) is 16.3 Å². The van der Waals surface area contributed by atoms with Crippen LogP contribution in [0.15, 0.2) is 48.0 Å². The average molecular weight is 452 g/mol. The highest BCUT2D eigenvalue weighted by Crippen LogP contribution is 2.43. The lowest BCUT2D eigenvalue weighted by Gasteiger charge is -2.47. The number of nitrogens with one attached hydrogen (secondary N) is 1. The van der Waals surface area contributed by atoms with Gasteiger partial charge in [0.25, 0.3) is 11.8 Å². The summed E-state index contributed by atoms with van der Waals surface area (Å²) in [7, 11) is 0. The Hall–Kier alpha value is -3.06. The molecule has 0 bridgehead atoms. The predicted octanol–water partition coefficient (Wildman–Crippen LogP) is 4.77. The number of benzene rings is 2. The van der Waals surface area contributed by atoms with Gasteiger partial charge in [-0.1, -0.05) is 25.1 Å². The second-order valence-corrected chi connectivity index (χ2v) is 9.28. The van der Waals surface area contributed by atoms with E-state index in [4.69, 9.17) is 12.2 Å². The maximum Gasteiger partial charge on any atom is 0.270 e. The van der Waals surface area contributed by atoms with Gasteiger partial charge >= 0.3 is 0 Å². The number of rotatable bonds is 3. The minimum atomic E-state index is -0.647. The molecule has 4 rings (SSSR count). The molecule has 32 heavy (non-hydrogen) atoms. The van der Waals surface area contributed by atoms with Crippen LogP contribution >= 0.6 is 12.2 Å². The zero-order valence-electron chi connectivity index (χ0n) is 18.6. The Bertz CT molecular complexity index is 1160. The van der Waals surface area contributed by atoms with Gasteiger partial charge in [-0.3, -0.25) is 14.9 Å². The molecule has 1 atom stereocenters. The molecule has 166 valence electrons. The predicted molar refractivity (Wildman–Crippen MR) is 129 cm³/mol. The van der Waals surface area contributed by atoms with Gasteiger partial charge in [0, 0.05) is 17.8 Å². The first-order valence-electron chi connectivity index (χ1n) is 10.7. The summed E-state index contributed by atoms with van der Waals surface area (Å²) >= 11 is 5.16. The number of halogens is 1. The van der Waals surface area contributed by atoms with Crippen LogP contribution in [0.2, 0.25) is 0 Å². The molecule has 1 saturated heterocycles. The maximum atomic E-state index is 14.3. The van der Waals surface area contributed by atoms with Crippen molar-refractivity contribution in [3.63, 3.8) is 0 Å². The first kappa shape index (κ1) is 22.1. The standard InChI is InChI=1S/C25H26FN3O2S/c1-5-28-20-11-10-16(12-17(20)15(2)14-25(28,3)4)13-18-22(30)27-24(32)29(23(18)31)21-9-7-6-8-19(21)26/h6-13,15H,5,14H2,1-4H3,(H,27,30,32)/b18-13+/t15-/m0/s1. The molecule has 1 fully saturated rings. The maximum absolute atomic E-state index is 14.3. The third-order valence-corrected chi connectivity index (χ3v) is 6.52. The van der Waals surface area contributed by atoms with Gasteiger partial charge < -0.3 is 4.90 Å². The molecule has 2 amide bonds. The monoisotopic (exact) mass is 451 g/mol. The Balaban J connectivity index is 1.74. The first-order chi connectivity index (χ1) is 15.1. The van der Waals surface area contributed by atoms with E-state index in [-0.39, 0.29) is 21.9 Å². The van der Waals surface area contributed by atoms with Crippen LogP contribution in [0.5, 0.6) is 0 Å². The number of carbonyl (C=O) groups is 2. The molecule has 0 unspecified atom stereocenters. The lowest BCUT2D eigenvalue weighted by atomic mass is 9.79. The highest BCUT2D eigenvalue weighted by Gasteiger charge is 2.37. The van der Waals surface area contributed by atoms with Crippen LogP contribution in [0.3, 0.4) is 0 Å². The smallest absolute Gasteiger partial charge is 0.270 e. The molecule has 0 aromatic heterocycles. The van der Waals surface area contributed by atoms with Crippen LogP contribution in [0, 0.1) is 5.82 Å². The lowest BCUT2D eigenvalue weighted by molar-refractivity contribution is -0.122. The van der Waals surface area contributed by atoms with E-state index >= 15 is 0 Å². The summed E-state index contributed by atoms with van der Waals surface area (Å²) in [5, 5.41) is 2.37. The molecular weight excluding hydrogens is 425 g/mol. The summed E-state index contributed by atoms with van der Waals surface area (Å²) in [5.41, 5.74) is 3.08. The number of hydrogen-bond donors (Lipinski definition) is 1. The summed E-state index contributed by atoms with van der Waals surface area (Å²) in [6.45, 7) is 9.72. The van der Waals surface area contributed by atoms with Crippen LogP contribution < -0.4 is 15.1 Å². The van der Waals surface area contributed by atoms with E-state index in [9.17, 15) is 14.0 Å². The van der Waals surface area contributed by atoms with E-state index < -0.39 is 17.6 Å². The van der Waals surface area contributed by atoms with Gasteiger partial charge in [-0.15, -0.1) is 0 Å². The zero-order valence-corrected chi connectivity index (χ0v) is 19.4. The highest BCUT2D eigenvalue weighted by atomic mass is 32.1. The van der Waals surface area contributed by atoms with Crippen molar-refractivity contribution >= 4 is 46.6 Å². The second kappa shape index (κ2) is 8.13. The molecule has 2 aliphatic rings. The summed E-state index contributed by atoms with van der Waals surface area (Å²) in [6.07, 6.45) is 2.55. The SMILES string of the molecule is CCN1c2ccc(/C=C3\C(=O)NC(=S)N(c4ccccc4F)C3=O)cc2[C@@H](C)CC1(C)C. The van der Waals surface area contributed by atoms with Crippen LogP contribution in [0.25, 0.3) is 6.08 Å². The van der Waals surface area contributed by atoms with Crippen LogP contribution in [0.4, 0.5) is 15.8 Å². The first-order valence-corrected chi connectivity index (χ1v) is 11.1. The van der Waals surface area contributed by atoms with Crippen molar-refractivity contribution in [3.05, 3.63) is 65.0 Å². The third kappa shape index (κ3) is 3.71. The van der Waals surface area contributed by atoms with Crippen LogP contribution in [0.1, 0.15) is 51.2 Å². The molecule has 7 heteroatoms. The number of carbonyl (C=O) groups excluding carboxylic acids is 2. The van der Waals surface area contributed by atoms with E-state index in [0.29, 0.717) is 5.92 Å². The van der Waals surface area contributed by atoms with Crippen molar-refractivity contribution in [2.45, 2.75) is 45.6 Å². The van der Waals surface area contributed by atoms with Crippen LogP contribution in [-0.2, 0) is 9.59 Å². The van der Waals surface area contributed by atoms with Gasteiger partial charge in [0.2, 0.25) is 0 Å². The molecule has 0 spiro atoms. The molecule has 1 N–H and O–H groups in total. The number of nitrogens with zero attached hydrogens (tertiary/aromatic N) is 2. The van der Waals surface area contributed by atoms with Crippen molar-refractivity contribution < 1.29 is 14.0 Å². The van der Waals surface area contributed by atoms with Gasteiger partial charge in [-0.25, -0.2) is 9.29 Å². The van der Waals surface area contributed by atoms with E-state index in [1.54, 1.807) is 12.1 Å². The summed E-state index contributed by atoms with van der Waals surface area (Å²) < 4.78 is 14.3. The minimum absolute atomic E-state index is 0.00767. The molecule has 0 aliphatic carbocycles. The molecular formula is C25H26FN3O2S. The van der Waals surface area contributed by atoms with Crippen molar-refractivity contribution in [1.29, 1.82) is 0 Å². The number of anilines is 2. The molecule has 0 saturated carbocycles. The number of amides is 2. The fraction of sp³-hybridized carbons (Fsp3) is 0.320. The Kier molecular flexibility index (Phi) is 5.63. The second-order valence-electron chi connectivity index (χ2n) is 8.89. The minimum Gasteiger partial charge on any atom is -0.366 e. The summed E-state index contributed by atoms with van der Waals surface area (Å²) in [4.78, 5) is 29.2. The van der Waals surface area contributed by atoms with Gasteiger partial charge in [-0.2, -0.15) is 0 Å². The Labute approximate surface area is 192 Å². The molecule has 0 radical (unpaired) electrons. The summed E-state index contributed by atoms with van der Waals surface area (Å²) in [5.74, 6) is -1.50. The zero-order chi connectivity index (χ0) is 23.2. The van der Waals surface area contributed by atoms with Crippen molar-refractivity contribution in [3.8, 4) is 0 Å². The Morgan fingerprint density at radius 3 is 2.59 bits per heavy atom. The molecule has 2 aromatic carbocycles. The average Bonchev–Trinajstić information content (AvgIpc) is 2.72. The quantitative estimate of drug-likeness (QED) is 0.415. The number of fused-ring (bicyclic) bond motifs is 1. The highest BCUT2D eigenvalue weighted by molar-refractivity contribution is 7.80. The van der Waals surface area contributed by atoms with Gasteiger partial charge in [0.15, 0.2) is 5.11 Å². The number of thiocarbonyl (C=S) groups is 1. The number of para-hydroxylation sites is 1. The van der Waals surface area contributed by atoms with E-state index in [2.05, 4.69) is 37.9 Å². The molecule has 2 aliphatic heterocycles. The van der Waals surface area contributed by atoms with Crippen molar-refractivity contribution in [2.24, 2.45) is 0 Å². The fourth-order valence-corrected chi connectivity index (χ4v) is 5.15. The lowest BCUT2D eigenvalue weighted by Crippen LogP contribution is -2.54. The third-order valence-electron chi connectivity index (χ3n) is 6.23. The van der Waals surface area contributed by atoms with E-state index in [1.165, 1.54) is 29.4 Å². The topological polar surface area (TPSA) is 52.7 Å². The fourth-order valence-electron chi connectivity index (χ4n) is 4.87. The van der Waals surface area contributed by atoms with Gasteiger partial charge in [0.1, 0.15) is 11.4 Å².